The molecule has 0 fully saturated rings. The van der Waals surface area contributed by atoms with Crippen LogP contribution in [0.15, 0.2) is 57.6 Å². The predicted molar refractivity (Wildman–Crippen MR) is 92.8 cm³/mol. The van der Waals surface area contributed by atoms with Gasteiger partial charge in [-0.1, -0.05) is 39.7 Å². The molecule has 0 saturated carbocycles. The first-order chi connectivity index (χ1) is 11.1. The lowest BCUT2D eigenvalue weighted by atomic mass is 10.2. The maximum atomic E-state index is 12.0. The number of cyclic esters (lactones) is 1. The summed E-state index contributed by atoms with van der Waals surface area (Å²) < 4.78 is 11.2. The number of rotatable bonds is 3. The van der Waals surface area contributed by atoms with E-state index in [1.54, 1.807) is 31.4 Å². The van der Waals surface area contributed by atoms with Gasteiger partial charge in [-0.25, -0.2) is 9.79 Å². The highest BCUT2D eigenvalue weighted by Gasteiger charge is 2.24. The van der Waals surface area contributed by atoms with Crippen molar-refractivity contribution in [3.63, 3.8) is 0 Å². The smallest absolute Gasteiger partial charge is 0.363 e. The Hall–Kier alpha value is -2.11. The quantitative estimate of drug-likeness (QED) is 0.572. The van der Waals surface area contributed by atoms with Crippen LogP contribution in [0.25, 0.3) is 6.08 Å². The zero-order chi connectivity index (χ0) is 16.4. The van der Waals surface area contributed by atoms with E-state index >= 15 is 0 Å². The molecule has 0 atom stereocenters. The van der Waals surface area contributed by atoms with Crippen LogP contribution in [-0.4, -0.2) is 19.0 Å². The third kappa shape index (κ3) is 3.46. The highest BCUT2D eigenvalue weighted by Crippen LogP contribution is 2.27. The van der Waals surface area contributed by atoms with Gasteiger partial charge >= 0.3 is 5.97 Å². The van der Waals surface area contributed by atoms with Crippen LogP contribution in [0.5, 0.6) is 5.75 Å². The Kier molecular flexibility index (Phi) is 4.50. The van der Waals surface area contributed by atoms with Crippen LogP contribution in [0, 0.1) is 0 Å². The molecule has 0 spiro atoms. The Balaban J connectivity index is 1.93. The topological polar surface area (TPSA) is 47.9 Å². The number of hydrogen-bond acceptors (Lipinski definition) is 4. The van der Waals surface area contributed by atoms with Crippen LogP contribution in [0.3, 0.4) is 0 Å². The van der Waals surface area contributed by atoms with Gasteiger partial charge in [0.1, 0.15) is 5.75 Å². The zero-order valence-electron chi connectivity index (χ0n) is 12.0. The van der Waals surface area contributed by atoms with Crippen molar-refractivity contribution in [2.24, 2.45) is 4.99 Å². The summed E-state index contributed by atoms with van der Waals surface area (Å²) in [5, 5.41) is 0.462. The summed E-state index contributed by atoms with van der Waals surface area (Å²) in [6.45, 7) is 0. The average molecular weight is 393 g/mol. The van der Waals surface area contributed by atoms with E-state index in [4.69, 9.17) is 21.1 Å². The van der Waals surface area contributed by atoms with Gasteiger partial charge in [0.15, 0.2) is 5.70 Å². The lowest BCUT2D eigenvalue weighted by Gasteiger charge is -2.03. The molecule has 6 heteroatoms. The van der Waals surface area contributed by atoms with Crippen molar-refractivity contribution in [2.75, 3.05) is 7.11 Å². The summed E-state index contributed by atoms with van der Waals surface area (Å²) in [7, 11) is 1.54. The van der Waals surface area contributed by atoms with Gasteiger partial charge in [0.2, 0.25) is 5.90 Å². The lowest BCUT2D eigenvalue weighted by Crippen LogP contribution is -2.05. The van der Waals surface area contributed by atoms with Gasteiger partial charge in [0.25, 0.3) is 0 Å². The molecule has 116 valence electrons. The maximum absolute atomic E-state index is 12.0. The van der Waals surface area contributed by atoms with Crippen molar-refractivity contribution in [1.82, 2.24) is 0 Å². The van der Waals surface area contributed by atoms with Crippen molar-refractivity contribution >= 4 is 45.5 Å². The second-order valence-corrected chi connectivity index (χ2v) is 6.06. The summed E-state index contributed by atoms with van der Waals surface area (Å²) in [5.41, 5.74) is 1.69. The van der Waals surface area contributed by atoms with Crippen LogP contribution >= 0.6 is 27.5 Å². The van der Waals surface area contributed by atoms with Gasteiger partial charge in [0, 0.05) is 10.0 Å². The standard InChI is InChI=1S/C17H11BrClNO3/c1-22-15-6-5-10(7-13(15)19)8-14-17(21)23-16(20-14)11-3-2-4-12(18)9-11/h2-9H,1H3/b14-8-. The lowest BCUT2D eigenvalue weighted by molar-refractivity contribution is -0.129. The second kappa shape index (κ2) is 6.56. The van der Waals surface area contributed by atoms with Crippen LogP contribution in [0.2, 0.25) is 5.02 Å². The Bertz CT molecular complexity index is 845. The third-order valence-electron chi connectivity index (χ3n) is 3.17. The molecule has 23 heavy (non-hydrogen) atoms. The second-order valence-electron chi connectivity index (χ2n) is 4.74. The number of hydrogen-bond donors (Lipinski definition) is 0. The fourth-order valence-electron chi connectivity index (χ4n) is 2.08. The van der Waals surface area contributed by atoms with Crippen LogP contribution < -0.4 is 4.74 Å². The van der Waals surface area contributed by atoms with E-state index in [1.165, 1.54) is 0 Å². The zero-order valence-corrected chi connectivity index (χ0v) is 14.4. The van der Waals surface area contributed by atoms with Crippen molar-refractivity contribution in [1.29, 1.82) is 0 Å². The molecule has 4 nitrogen and oxygen atoms in total. The number of esters is 1. The number of benzene rings is 2. The number of carbonyl (C=O) groups is 1. The number of carbonyl (C=O) groups excluding carboxylic acids is 1. The number of nitrogens with zero attached hydrogens (tertiary/aromatic N) is 1. The number of methoxy groups -OCH3 is 1. The molecule has 0 radical (unpaired) electrons. The maximum Gasteiger partial charge on any atom is 0.363 e. The van der Waals surface area contributed by atoms with E-state index in [1.807, 2.05) is 24.3 Å². The van der Waals surface area contributed by atoms with Gasteiger partial charge in [0.05, 0.1) is 12.1 Å². The molecule has 0 saturated heterocycles. The van der Waals surface area contributed by atoms with E-state index in [9.17, 15) is 4.79 Å². The van der Waals surface area contributed by atoms with Crippen molar-refractivity contribution in [3.05, 3.63) is 68.8 Å². The van der Waals surface area contributed by atoms with Crippen LogP contribution in [-0.2, 0) is 9.53 Å². The van der Waals surface area contributed by atoms with Crippen molar-refractivity contribution < 1.29 is 14.3 Å². The molecule has 1 aliphatic heterocycles. The Labute approximate surface area is 146 Å². The normalized spacial score (nSPS) is 15.5. The van der Waals surface area contributed by atoms with Gasteiger partial charge in [-0.3, -0.25) is 0 Å². The molecule has 2 aromatic carbocycles. The van der Waals surface area contributed by atoms with E-state index in [2.05, 4.69) is 20.9 Å². The number of ether oxygens (including phenoxy) is 2. The average Bonchev–Trinajstić information content (AvgIpc) is 2.89. The first-order valence-electron chi connectivity index (χ1n) is 6.69. The van der Waals surface area contributed by atoms with E-state index < -0.39 is 5.97 Å². The Morgan fingerprint density at radius 1 is 1.26 bits per heavy atom. The summed E-state index contributed by atoms with van der Waals surface area (Å²) in [6.07, 6.45) is 1.62. The molecule has 0 N–H and O–H groups in total. The molecule has 1 heterocycles. The molecule has 0 amide bonds. The van der Waals surface area contributed by atoms with Gasteiger partial charge < -0.3 is 9.47 Å². The molecule has 0 aromatic heterocycles. The molecular weight excluding hydrogens is 382 g/mol. The minimum absolute atomic E-state index is 0.223. The summed E-state index contributed by atoms with van der Waals surface area (Å²) in [4.78, 5) is 16.2. The Morgan fingerprint density at radius 3 is 2.78 bits per heavy atom. The van der Waals surface area contributed by atoms with E-state index in [0.717, 1.165) is 15.6 Å². The first-order valence-corrected chi connectivity index (χ1v) is 7.86. The van der Waals surface area contributed by atoms with Crippen LogP contribution in [0.1, 0.15) is 11.1 Å². The van der Waals surface area contributed by atoms with Gasteiger partial charge in [-0.2, -0.15) is 0 Å². The highest BCUT2D eigenvalue weighted by molar-refractivity contribution is 9.10. The molecule has 0 bridgehead atoms. The van der Waals surface area contributed by atoms with E-state index in [-0.39, 0.29) is 11.6 Å². The minimum Gasteiger partial charge on any atom is -0.495 e. The van der Waals surface area contributed by atoms with Crippen molar-refractivity contribution in [3.8, 4) is 5.75 Å². The Morgan fingerprint density at radius 2 is 2.09 bits per heavy atom. The van der Waals surface area contributed by atoms with Crippen molar-refractivity contribution in [2.45, 2.75) is 0 Å². The minimum atomic E-state index is -0.494. The van der Waals surface area contributed by atoms with Crippen LogP contribution in [0.4, 0.5) is 0 Å². The molecule has 2 aromatic rings. The number of aliphatic imine (C=N–C) groups is 1. The number of halogens is 2. The first kappa shape index (κ1) is 15.8. The summed E-state index contributed by atoms with van der Waals surface area (Å²) >= 11 is 9.46. The predicted octanol–water partition coefficient (Wildman–Crippen LogP) is 4.46. The molecule has 1 aliphatic rings. The van der Waals surface area contributed by atoms with Gasteiger partial charge in [-0.15, -0.1) is 0 Å². The summed E-state index contributed by atoms with van der Waals surface area (Å²) in [5.74, 6) is 0.357. The fourth-order valence-corrected chi connectivity index (χ4v) is 2.75. The summed E-state index contributed by atoms with van der Waals surface area (Å²) in [6, 6.07) is 12.6. The highest BCUT2D eigenvalue weighted by atomic mass is 79.9. The van der Waals surface area contributed by atoms with Gasteiger partial charge in [-0.05, 0) is 42.0 Å². The van der Waals surface area contributed by atoms with E-state index in [0.29, 0.717) is 10.8 Å². The molecule has 0 unspecified atom stereocenters. The third-order valence-corrected chi connectivity index (χ3v) is 3.96. The largest absolute Gasteiger partial charge is 0.495 e. The molecular formula is C17H11BrClNO3. The fraction of sp³-hybridized carbons (Fsp3) is 0.0588. The monoisotopic (exact) mass is 391 g/mol. The SMILES string of the molecule is COc1ccc(/C=C2\N=C(c3cccc(Br)c3)OC2=O)cc1Cl. The molecule has 0 aliphatic carbocycles. The molecule has 3 rings (SSSR count).